The van der Waals surface area contributed by atoms with Gasteiger partial charge in [0.2, 0.25) is 5.91 Å². The number of aliphatic carboxylic acids is 1. The molecule has 2 aromatic carbocycles. The maximum atomic E-state index is 14.5. The summed E-state index contributed by atoms with van der Waals surface area (Å²) in [5, 5.41) is 21.7. The molecule has 9 heteroatoms. The number of carbonyl (C=O) groups excluding carboxylic acids is 1. The highest BCUT2D eigenvalue weighted by Gasteiger charge is 2.31. The summed E-state index contributed by atoms with van der Waals surface area (Å²) in [7, 11) is 1.47. The van der Waals surface area contributed by atoms with Gasteiger partial charge in [-0.2, -0.15) is 0 Å². The number of hydrogen-bond donors (Lipinski definition) is 3. The van der Waals surface area contributed by atoms with Gasteiger partial charge in [0.15, 0.2) is 0 Å². The van der Waals surface area contributed by atoms with E-state index in [1.165, 1.54) is 19.2 Å². The van der Waals surface area contributed by atoms with Crippen LogP contribution in [0.3, 0.4) is 0 Å². The number of amides is 1. The molecule has 2 aromatic rings. The van der Waals surface area contributed by atoms with Crippen LogP contribution < -0.4 is 10.1 Å². The second kappa shape index (κ2) is 9.26. The normalized spacial score (nSPS) is 15.8. The molecule has 0 saturated carbocycles. The first-order chi connectivity index (χ1) is 14.7. The van der Waals surface area contributed by atoms with Crippen molar-refractivity contribution >= 4 is 41.2 Å². The smallest absolute Gasteiger partial charge is 0.307 e. The van der Waals surface area contributed by atoms with Crippen LogP contribution in [0, 0.1) is 5.82 Å². The predicted molar refractivity (Wildman–Crippen MR) is 115 cm³/mol. The van der Waals surface area contributed by atoms with Crippen LogP contribution in [0.25, 0.3) is 6.08 Å². The lowest BCUT2D eigenvalue weighted by Crippen LogP contribution is -2.33. The summed E-state index contributed by atoms with van der Waals surface area (Å²) in [5.41, 5.74) is 2.08. The van der Waals surface area contributed by atoms with Gasteiger partial charge in [-0.3, -0.25) is 9.59 Å². The second-order valence-electron chi connectivity index (χ2n) is 7.17. The third-order valence-corrected chi connectivity index (χ3v) is 6.11. The zero-order valence-corrected chi connectivity index (χ0v) is 18.2. The van der Waals surface area contributed by atoms with Crippen molar-refractivity contribution in [2.45, 2.75) is 25.3 Å². The highest BCUT2D eigenvalue weighted by atomic mass is 35.5. The fourth-order valence-corrected chi connectivity index (χ4v) is 4.09. The molecule has 0 fully saturated rings. The van der Waals surface area contributed by atoms with Crippen molar-refractivity contribution in [3.05, 3.63) is 68.0 Å². The minimum atomic E-state index is -1.09. The molecular weight excluding hydrogens is 448 g/mol. The zero-order valence-electron chi connectivity index (χ0n) is 16.7. The Labute approximate surface area is 188 Å². The average Bonchev–Trinajstić information content (AvgIpc) is 3.05. The van der Waals surface area contributed by atoms with Gasteiger partial charge in [-0.15, -0.1) is 0 Å². The van der Waals surface area contributed by atoms with Gasteiger partial charge in [-0.05, 0) is 34.9 Å². The molecule has 0 saturated heterocycles. The van der Waals surface area contributed by atoms with E-state index in [9.17, 15) is 19.1 Å². The molecule has 3 rings (SSSR count). The summed E-state index contributed by atoms with van der Waals surface area (Å²) < 4.78 is 19.8. The summed E-state index contributed by atoms with van der Waals surface area (Å²) in [6, 6.07) is 4.59. The SMILES string of the molecule is COc1cc2c(c(Cl)c1Cl)C=C(C(=O)N[C@H](CO)c1ccc(CC(=O)O)cc1F)C2C. The fraction of sp³-hybridized carbons (Fsp3) is 0.273. The monoisotopic (exact) mass is 467 g/mol. The summed E-state index contributed by atoms with van der Waals surface area (Å²) >= 11 is 12.5. The molecule has 0 aliphatic heterocycles. The van der Waals surface area contributed by atoms with E-state index in [1.807, 2.05) is 6.92 Å². The molecule has 0 heterocycles. The summed E-state index contributed by atoms with van der Waals surface area (Å²) in [4.78, 5) is 23.7. The predicted octanol–water partition coefficient (Wildman–Crippen LogP) is 4.12. The van der Waals surface area contributed by atoms with Crippen molar-refractivity contribution in [3.8, 4) is 5.75 Å². The van der Waals surface area contributed by atoms with Gasteiger partial charge >= 0.3 is 5.97 Å². The molecule has 1 amide bonds. The third-order valence-electron chi connectivity index (χ3n) is 5.24. The fourth-order valence-electron chi connectivity index (χ4n) is 3.60. The van der Waals surface area contributed by atoms with E-state index < -0.39 is 30.3 Å². The first-order valence-corrected chi connectivity index (χ1v) is 10.1. The minimum Gasteiger partial charge on any atom is -0.495 e. The third kappa shape index (κ3) is 4.54. The number of methoxy groups -OCH3 is 1. The molecule has 1 aliphatic rings. The van der Waals surface area contributed by atoms with Gasteiger partial charge in [0.05, 0.1) is 31.2 Å². The van der Waals surface area contributed by atoms with Gasteiger partial charge in [-0.25, -0.2) is 4.39 Å². The molecule has 2 atom stereocenters. The zero-order chi connectivity index (χ0) is 22.9. The van der Waals surface area contributed by atoms with E-state index >= 15 is 0 Å². The van der Waals surface area contributed by atoms with Crippen molar-refractivity contribution in [1.29, 1.82) is 0 Å². The quantitative estimate of drug-likeness (QED) is 0.569. The summed E-state index contributed by atoms with van der Waals surface area (Å²) in [6.45, 7) is 1.27. The first-order valence-electron chi connectivity index (χ1n) is 9.37. The molecule has 31 heavy (non-hydrogen) atoms. The molecule has 1 aliphatic carbocycles. The van der Waals surface area contributed by atoms with Crippen molar-refractivity contribution in [2.75, 3.05) is 13.7 Å². The van der Waals surface area contributed by atoms with Gasteiger partial charge in [0.1, 0.15) is 16.6 Å². The van der Waals surface area contributed by atoms with E-state index in [-0.39, 0.29) is 33.5 Å². The van der Waals surface area contributed by atoms with E-state index in [4.69, 9.17) is 33.0 Å². The number of hydrogen-bond acceptors (Lipinski definition) is 4. The highest BCUT2D eigenvalue weighted by Crippen LogP contribution is 2.46. The highest BCUT2D eigenvalue weighted by molar-refractivity contribution is 6.44. The van der Waals surface area contributed by atoms with Crippen molar-refractivity contribution in [1.82, 2.24) is 5.32 Å². The number of benzene rings is 2. The van der Waals surface area contributed by atoms with E-state index in [0.29, 0.717) is 16.9 Å². The topological polar surface area (TPSA) is 95.9 Å². The number of carboxylic acids is 1. The standard InChI is InChI=1S/C22H20Cl2FNO5/c1-10-13-8-18(31-2)21(24)20(23)15(13)7-14(10)22(30)26-17(9-27)12-4-3-11(5-16(12)25)6-19(28)29/h3-5,7-8,10,17,27H,6,9H2,1-2H3,(H,26,30)(H,28,29)/t10?,17-/m1/s1. The summed E-state index contributed by atoms with van der Waals surface area (Å²) in [5.74, 6) is -2.24. The molecule has 0 radical (unpaired) electrons. The lowest BCUT2D eigenvalue weighted by Gasteiger charge is -2.20. The van der Waals surface area contributed by atoms with Crippen LogP contribution in [0.1, 0.15) is 41.1 Å². The lowest BCUT2D eigenvalue weighted by atomic mass is 9.96. The maximum Gasteiger partial charge on any atom is 0.307 e. The Morgan fingerprint density at radius 3 is 2.55 bits per heavy atom. The molecule has 3 N–H and O–H groups in total. The first kappa shape index (κ1) is 23.1. The molecular formula is C22H20Cl2FNO5. The summed E-state index contributed by atoms with van der Waals surface area (Å²) in [6.07, 6.45) is 1.28. The Kier molecular flexibility index (Phi) is 6.89. The Morgan fingerprint density at radius 1 is 1.26 bits per heavy atom. The Hall–Kier alpha value is -2.61. The van der Waals surface area contributed by atoms with Gasteiger partial charge in [0.25, 0.3) is 0 Å². The number of fused-ring (bicyclic) bond motifs is 1. The van der Waals surface area contributed by atoms with Crippen molar-refractivity contribution < 1.29 is 28.9 Å². The molecule has 164 valence electrons. The number of aliphatic hydroxyl groups excluding tert-OH is 1. The second-order valence-corrected chi connectivity index (χ2v) is 7.92. The van der Waals surface area contributed by atoms with E-state index in [2.05, 4.69) is 5.32 Å². The Morgan fingerprint density at radius 2 is 1.97 bits per heavy atom. The number of carbonyl (C=O) groups is 2. The van der Waals surface area contributed by atoms with Gasteiger partial charge in [-0.1, -0.05) is 42.3 Å². The molecule has 0 bridgehead atoms. The van der Waals surface area contributed by atoms with Crippen molar-refractivity contribution in [3.63, 3.8) is 0 Å². The number of nitrogens with one attached hydrogen (secondary N) is 1. The molecule has 6 nitrogen and oxygen atoms in total. The van der Waals surface area contributed by atoms with Crippen LogP contribution in [0.2, 0.25) is 10.0 Å². The van der Waals surface area contributed by atoms with Gasteiger partial charge in [0, 0.05) is 17.1 Å². The Bertz CT molecular complexity index is 1090. The minimum absolute atomic E-state index is 0.0523. The molecule has 1 unspecified atom stereocenters. The Balaban J connectivity index is 1.85. The van der Waals surface area contributed by atoms with E-state index in [1.54, 1.807) is 12.1 Å². The van der Waals surface area contributed by atoms with Crippen LogP contribution in [0.4, 0.5) is 4.39 Å². The number of ether oxygens (including phenoxy) is 1. The number of aliphatic hydroxyl groups is 1. The molecule has 0 aromatic heterocycles. The molecule has 0 spiro atoms. The number of rotatable bonds is 7. The number of halogens is 3. The average molecular weight is 468 g/mol. The van der Waals surface area contributed by atoms with E-state index in [0.717, 1.165) is 11.6 Å². The van der Waals surface area contributed by atoms with Crippen LogP contribution >= 0.6 is 23.2 Å². The van der Waals surface area contributed by atoms with Crippen LogP contribution in [0.15, 0.2) is 29.8 Å². The maximum absolute atomic E-state index is 14.5. The van der Waals surface area contributed by atoms with Crippen molar-refractivity contribution in [2.24, 2.45) is 0 Å². The van der Waals surface area contributed by atoms with Crippen LogP contribution in [-0.4, -0.2) is 35.8 Å². The van der Waals surface area contributed by atoms with Gasteiger partial charge < -0.3 is 20.3 Å². The lowest BCUT2D eigenvalue weighted by molar-refractivity contribution is -0.136. The van der Waals surface area contributed by atoms with Crippen LogP contribution in [0.5, 0.6) is 5.75 Å². The number of carboxylic acid groups (broad SMARTS) is 1. The largest absolute Gasteiger partial charge is 0.495 e. The van der Waals surface area contributed by atoms with Crippen LogP contribution in [-0.2, 0) is 16.0 Å².